The molecule has 0 atom stereocenters. The zero-order valence-corrected chi connectivity index (χ0v) is 37.6. The third-order valence-corrected chi connectivity index (χ3v) is 11.3. The number of hydrogen-bond donors (Lipinski definition) is 0. The predicted molar refractivity (Wildman–Crippen MR) is 252 cm³/mol. The Kier molecular flexibility index (Phi) is 9.30. The molecular formula is C56H46N4OPt+2. The summed E-state index contributed by atoms with van der Waals surface area (Å²) in [5.41, 5.74) is 10.8. The number of nitrogens with zero attached hydrogens (tertiary/aromatic N) is 4. The molecule has 0 bridgehead atoms. The molecule has 0 fully saturated rings. The van der Waals surface area contributed by atoms with Gasteiger partial charge in [-0.3, -0.25) is 0 Å². The minimum atomic E-state index is -0.313. The summed E-state index contributed by atoms with van der Waals surface area (Å²) < 4.78 is 47.6. The van der Waals surface area contributed by atoms with Crippen LogP contribution in [0.1, 0.15) is 58.2 Å². The molecule has 1 aliphatic rings. The van der Waals surface area contributed by atoms with E-state index in [1.165, 1.54) is 5.56 Å². The second-order valence-corrected chi connectivity index (χ2v) is 17.5. The molecule has 6 heteroatoms. The molecule has 5 nitrogen and oxygen atoms in total. The van der Waals surface area contributed by atoms with Crippen LogP contribution in [0.2, 0.25) is 0 Å². The summed E-state index contributed by atoms with van der Waals surface area (Å²) >= 11 is 0. The third kappa shape index (κ3) is 7.43. The van der Waals surface area contributed by atoms with Gasteiger partial charge in [-0.2, -0.15) is 12.1 Å². The van der Waals surface area contributed by atoms with Crippen LogP contribution in [0, 0.1) is 12.1 Å². The van der Waals surface area contributed by atoms with Crippen molar-refractivity contribution < 1.29 is 31.3 Å². The van der Waals surface area contributed by atoms with Crippen molar-refractivity contribution in [1.29, 1.82) is 0 Å². The summed E-state index contributed by atoms with van der Waals surface area (Å²) in [5.74, 6) is 1.35. The van der Waals surface area contributed by atoms with E-state index >= 15 is 0 Å². The van der Waals surface area contributed by atoms with Gasteiger partial charge in [0.1, 0.15) is 11.5 Å². The van der Waals surface area contributed by atoms with E-state index in [1.54, 1.807) is 16.8 Å². The van der Waals surface area contributed by atoms with Crippen LogP contribution in [0.25, 0.3) is 49.9 Å². The molecule has 0 saturated heterocycles. The first-order chi connectivity index (χ1) is 31.2. The fourth-order valence-electron chi connectivity index (χ4n) is 8.05. The van der Waals surface area contributed by atoms with Crippen LogP contribution in [0.3, 0.4) is 0 Å². The van der Waals surface area contributed by atoms with E-state index < -0.39 is 0 Å². The third-order valence-electron chi connectivity index (χ3n) is 11.3. The maximum Gasteiger partial charge on any atom is 2.00 e. The van der Waals surface area contributed by atoms with E-state index in [-0.39, 0.29) is 56.1 Å². The second-order valence-electron chi connectivity index (χ2n) is 17.5. The van der Waals surface area contributed by atoms with Gasteiger partial charge in [0, 0.05) is 35.3 Å². The van der Waals surface area contributed by atoms with Crippen LogP contribution < -0.4 is 13.9 Å². The van der Waals surface area contributed by atoms with Gasteiger partial charge < -0.3 is 9.30 Å². The largest absolute Gasteiger partial charge is 2.00 e. The van der Waals surface area contributed by atoms with Crippen molar-refractivity contribution in [3.05, 3.63) is 193 Å². The first-order valence-corrected chi connectivity index (χ1v) is 20.6. The van der Waals surface area contributed by atoms with Crippen molar-refractivity contribution in [1.82, 2.24) is 18.7 Å². The number of rotatable bonds is 7. The maximum absolute atomic E-state index is 9.03. The molecule has 3 heterocycles. The van der Waals surface area contributed by atoms with E-state index in [0.29, 0.717) is 44.8 Å². The van der Waals surface area contributed by atoms with Gasteiger partial charge in [0.2, 0.25) is 5.69 Å². The molecule has 9 aromatic rings. The monoisotopic (exact) mass is 989 g/mol. The zero-order valence-electron chi connectivity index (χ0n) is 39.4. The van der Waals surface area contributed by atoms with Gasteiger partial charge in [0.25, 0.3) is 11.4 Å². The molecule has 0 radical (unpaired) electrons. The molecule has 304 valence electrons. The summed E-state index contributed by atoms with van der Waals surface area (Å²) in [6, 6.07) is 57.1. The van der Waals surface area contributed by atoms with Crippen molar-refractivity contribution >= 4 is 50.6 Å². The van der Waals surface area contributed by atoms with E-state index in [0.717, 1.165) is 44.9 Å². The Bertz CT molecular complexity index is 3390. The topological polar surface area (TPSA) is 33.1 Å². The molecular weight excluding hydrogens is 940 g/mol. The SMILES string of the molecule is [2H]c1c([2H])c([2H])c2c(c1[2H])c1ccc(Oc3[c-]c([N+]4=C=[N+](c5c(-c6ccccc6)cc(C(C)(C)C)cc5-c5ccccc5)c5ccccc54)ccc3)[c-]c1n2-c1cc(C(C)(C)C)ccn1.[Pt+2]. The van der Waals surface area contributed by atoms with E-state index in [9.17, 15) is 0 Å². The number of ether oxygens (including phenoxy) is 1. The Hall–Kier alpha value is -6.64. The Labute approximate surface area is 383 Å². The van der Waals surface area contributed by atoms with Gasteiger partial charge in [-0.15, -0.1) is 23.6 Å². The molecule has 7 aromatic carbocycles. The Balaban J connectivity index is 0.00000548. The quantitative estimate of drug-likeness (QED) is 0.118. The Morgan fingerprint density at radius 1 is 0.613 bits per heavy atom. The average molecular weight is 990 g/mol. The van der Waals surface area contributed by atoms with Gasteiger partial charge in [-0.05, 0) is 73.4 Å². The summed E-state index contributed by atoms with van der Waals surface area (Å²) in [5, 5.41) is 1.01. The van der Waals surface area contributed by atoms with E-state index in [4.69, 9.17) is 15.2 Å². The minimum absolute atomic E-state index is 0. The Morgan fingerprint density at radius 2 is 1.23 bits per heavy atom. The standard InChI is InChI=1S/C56H46N4O.Pt/c1-55(2,3)40-30-31-57-53(34-40)60-49-25-14-13-24-45(49)46-29-28-44(36-52(46)60)61-43-23-17-22-42(35-43)58-37-59(51-27-16-15-26-50(51)58)54-47(38-18-9-7-10-19-38)32-41(56(4,5)6)33-48(54)39-20-11-8-12-21-39;/h7-34H,1-6H3;/q;+2/i13D,14D,24D,25D;. The first-order valence-electron chi connectivity index (χ1n) is 22.6. The Morgan fingerprint density at radius 3 is 1.89 bits per heavy atom. The van der Waals surface area contributed by atoms with Gasteiger partial charge in [-0.1, -0.05) is 155 Å². The number of pyridine rings is 1. The number of hydrogen-bond acceptors (Lipinski definition) is 2. The van der Waals surface area contributed by atoms with Crippen molar-refractivity contribution in [2.45, 2.75) is 52.4 Å². The first kappa shape index (κ1) is 36.1. The normalized spacial score (nSPS) is 13.4. The van der Waals surface area contributed by atoms with E-state index in [2.05, 4.69) is 143 Å². The number of para-hydroxylation sites is 3. The van der Waals surface area contributed by atoms with E-state index in [1.807, 2.05) is 59.2 Å². The fourth-order valence-corrected chi connectivity index (χ4v) is 8.05. The number of aromatic nitrogens is 2. The second kappa shape index (κ2) is 16.0. The van der Waals surface area contributed by atoms with Crippen molar-refractivity contribution in [2.75, 3.05) is 0 Å². The minimum Gasteiger partial charge on any atom is -0.509 e. The molecule has 0 saturated carbocycles. The molecule has 1 aliphatic heterocycles. The number of benzene rings is 7. The summed E-state index contributed by atoms with van der Waals surface area (Å²) in [4.78, 5) is 4.72. The molecule has 10 rings (SSSR count). The molecule has 0 N–H and O–H groups in total. The van der Waals surface area contributed by atoms with Crippen LogP contribution in [0.4, 0.5) is 22.7 Å². The molecule has 0 unspecified atom stereocenters. The summed E-state index contributed by atoms with van der Waals surface area (Å²) in [7, 11) is 0. The smallest absolute Gasteiger partial charge is 0.509 e. The van der Waals surface area contributed by atoms with Crippen LogP contribution in [-0.2, 0) is 31.9 Å². The molecule has 2 aromatic heterocycles. The van der Waals surface area contributed by atoms with Gasteiger partial charge in [-0.25, -0.2) is 4.98 Å². The summed E-state index contributed by atoms with van der Waals surface area (Å²) in [6.07, 6.45) is 1.73. The van der Waals surface area contributed by atoms with Crippen molar-refractivity contribution in [2.24, 2.45) is 0 Å². The molecule has 0 spiro atoms. The van der Waals surface area contributed by atoms with Crippen LogP contribution in [0.15, 0.2) is 170 Å². The van der Waals surface area contributed by atoms with Gasteiger partial charge in [0.05, 0.1) is 16.6 Å². The fraction of sp³-hybridized carbons (Fsp3) is 0.143. The average Bonchev–Trinajstić information content (AvgIpc) is 3.86. The van der Waals surface area contributed by atoms with Crippen molar-refractivity contribution in [3.63, 3.8) is 0 Å². The van der Waals surface area contributed by atoms with Crippen LogP contribution in [-0.4, -0.2) is 15.6 Å². The maximum atomic E-state index is 9.03. The molecule has 0 aliphatic carbocycles. The zero-order chi connectivity index (χ0) is 45.4. The predicted octanol–water partition coefficient (Wildman–Crippen LogP) is 14.4. The molecule has 62 heavy (non-hydrogen) atoms. The van der Waals surface area contributed by atoms with Crippen LogP contribution >= 0.6 is 0 Å². The van der Waals surface area contributed by atoms with Crippen molar-refractivity contribution in [3.8, 4) is 39.6 Å². The summed E-state index contributed by atoms with van der Waals surface area (Å²) in [6.45, 7) is 13.1. The van der Waals surface area contributed by atoms with Gasteiger partial charge in [0.15, 0.2) is 0 Å². The molecule has 0 amide bonds. The van der Waals surface area contributed by atoms with Crippen LogP contribution in [0.5, 0.6) is 11.5 Å². The number of fused-ring (bicyclic) bond motifs is 4. The van der Waals surface area contributed by atoms with Gasteiger partial charge >= 0.3 is 27.1 Å².